The van der Waals surface area contributed by atoms with E-state index in [1.54, 1.807) is 0 Å². The number of hydrogen-bond donors (Lipinski definition) is 1. The van der Waals surface area contributed by atoms with Gasteiger partial charge in [-0.05, 0) is 32.9 Å². The van der Waals surface area contributed by atoms with Crippen molar-refractivity contribution in [3.63, 3.8) is 0 Å². The fourth-order valence-corrected chi connectivity index (χ4v) is 1.78. The van der Waals surface area contributed by atoms with Gasteiger partial charge in [-0.2, -0.15) is 0 Å². The molecule has 0 bridgehead atoms. The van der Waals surface area contributed by atoms with Gasteiger partial charge in [-0.25, -0.2) is 0 Å². The number of halogens is 1. The Morgan fingerprint density at radius 1 is 1.24 bits per heavy atom. The minimum Gasteiger partial charge on any atom is -0.491 e. The molecular formula is C13H20BrNO2. The second-order valence-electron chi connectivity index (χ2n) is 4.24. The summed E-state index contributed by atoms with van der Waals surface area (Å²) in [6, 6.07) is 5.85. The highest BCUT2D eigenvalue weighted by Crippen LogP contribution is 2.27. The first-order valence-corrected chi connectivity index (χ1v) is 6.59. The summed E-state index contributed by atoms with van der Waals surface area (Å²) in [6.45, 7) is 7.08. The maximum atomic E-state index is 5.89. The van der Waals surface area contributed by atoms with Crippen LogP contribution in [0.3, 0.4) is 0 Å². The normalized spacial score (nSPS) is 12.8. The second kappa shape index (κ2) is 6.99. The van der Waals surface area contributed by atoms with E-state index < -0.39 is 0 Å². The monoisotopic (exact) mass is 301 g/mol. The van der Waals surface area contributed by atoms with Crippen molar-refractivity contribution in [1.82, 2.24) is 0 Å². The van der Waals surface area contributed by atoms with E-state index in [-0.39, 0.29) is 12.1 Å². The van der Waals surface area contributed by atoms with Crippen LogP contribution in [0.15, 0.2) is 22.7 Å². The van der Waals surface area contributed by atoms with Crippen molar-refractivity contribution in [3.8, 4) is 5.75 Å². The van der Waals surface area contributed by atoms with Gasteiger partial charge in [0.2, 0.25) is 0 Å². The number of rotatable bonds is 6. The average molecular weight is 302 g/mol. The Kier molecular flexibility index (Phi) is 5.95. The highest BCUT2D eigenvalue weighted by molar-refractivity contribution is 9.10. The topological polar surface area (TPSA) is 44.5 Å². The van der Waals surface area contributed by atoms with Crippen molar-refractivity contribution in [3.05, 3.63) is 28.2 Å². The smallest absolute Gasteiger partial charge is 0.125 e. The van der Waals surface area contributed by atoms with Gasteiger partial charge in [0.05, 0.1) is 12.7 Å². The Balaban J connectivity index is 2.59. The first-order chi connectivity index (χ1) is 8.00. The van der Waals surface area contributed by atoms with Crippen molar-refractivity contribution in [2.75, 3.05) is 13.2 Å². The molecule has 0 amide bonds. The van der Waals surface area contributed by atoms with Crippen LogP contribution in [0.1, 0.15) is 32.4 Å². The second-order valence-corrected chi connectivity index (χ2v) is 5.15. The molecule has 2 N–H and O–H groups in total. The molecule has 0 radical (unpaired) electrons. The highest BCUT2D eigenvalue weighted by atomic mass is 79.9. The summed E-state index contributed by atoms with van der Waals surface area (Å²) in [5.41, 5.74) is 6.90. The van der Waals surface area contributed by atoms with Crippen molar-refractivity contribution >= 4 is 15.9 Å². The Bertz CT molecular complexity index is 353. The van der Waals surface area contributed by atoms with E-state index in [4.69, 9.17) is 15.2 Å². The van der Waals surface area contributed by atoms with E-state index in [9.17, 15) is 0 Å². The van der Waals surface area contributed by atoms with E-state index >= 15 is 0 Å². The quantitative estimate of drug-likeness (QED) is 0.820. The third kappa shape index (κ3) is 5.06. The summed E-state index contributed by atoms with van der Waals surface area (Å²) >= 11 is 3.43. The summed E-state index contributed by atoms with van der Waals surface area (Å²) in [5.74, 6) is 0.821. The lowest BCUT2D eigenvalue weighted by atomic mass is 10.1. The molecule has 0 heterocycles. The van der Waals surface area contributed by atoms with Crippen LogP contribution < -0.4 is 10.5 Å². The molecule has 0 saturated carbocycles. The van der Waals surface area contributed by atoms with Gasteiger partial charge in [-0.3, -0.25) is 0 Å². The zero-order chi connectivity index (χ0) is 12.8. The summed E-state index contributed by atoms with van der Waals surface area (Å²) in [6.07, 6.45) is 0.231. The Morgan fingerprint density at radius 3 is 2.53 bits per heavy atom. The van der Waals surface area contributed by atoms with Crippen LogP contribution >= 0.6 is 15.9 Å². The van der Waals surface area contributed by atoms with Gasteiger partial charge in [0, 0.05) is 16.1 Å². The molecule has 17 heavy (non-hydrogen) atoms. The van der Waals surface area contributed by atoms with Crippen LogP contribution in [0.25, 0.3) is 0 Å². The number of hydrogen-bond acceptors (Lipinski definition) is 3. The highest BCUT2D eigenvalue weighted by Gasteiger charge is 2.08. The molecule has 1 aromatic rings. The van der Waals surface area contributed by atoms with E-state index in [0.717, 1.165) is 15.8 Å². The summed E-state index contributed by atoms with van der Waals surface area (Å²) in [5, 5.41) is 0. The predicted octanol–water partition coefficient (Wildman–Crippen LogP) is 3.27. The van der Waals surface area contributed by atoms with Gasteiger partial charge in [0.15, 0.2) is 0 Å². The minimum absolute atomic E-state index is 0.0379. The summed E-state index contributed by atoms with van der Waals surface area (Å²) in [4.78, 5) is 0. The largest absolute Gasteiger partial charge is 0.491 e. The molecule has 0 saturated heterocycles. The molecule has 0 aliphatic rings. The SMILES string of the molecule is CC(C)OCCOc1cc(Br)ccc1[C@H](C)N. The molecule has 0 aromatic heterocycles. The van der Waals surface area contributed by atoms with Crippen molar-refractivity contribution < 1.29 is 9.47 Å². The number of ether oxygens (including phenoxy) is 2. The maximum Gasteiger partial charge on any atom is 0.125 e. The first-order valence-electron chi connectivity index (χ1n) is 5.80. The fraction of sp³-hybridized carbons (Fsp3) is 0.538. The van der Waals surface area contributed by atoms with Crippen LogP contribution in [0.4, 0.5) is 0 Å². The van der Waals surface area contributed by atoms with Crippen molar-refractivity contribution in [2.24, 2.45) is 5.73 Å². The van der Waals surface area contributed by atoms with Crippen molar-refractivity contribution in [2.45, 2.75) is 32.9 Å². The van der Waals surface area contributed by atoms with Gasteiger partial charge < -0.3 is 15.2 Å². The van der Waals surface area contributed by atoms with E-state index in [1.165, 1.54) is 0 Å². The van der Waals surface area contributed by atoms with Crippen LogP contribution in [-0.4, -0.2) is 19.3 Å². The standard InChI is InChI=1S/C13H20BrNO2/c1-9(2)16-6-7-17-13-8-11(14)4-5-12(13)10(3)15/h4-5,8-10H,6-7,15H2,1-3H3/t10-/m0/s1. The van der Waals surface area contributed by atoms with E-state index in [2.05, 4.69) is 15.9 Å². The summed E-state index contributed by atoms with van der Waals surface area (Å²) < 4.78 is 12.1. The van der Waals surface area contributed by atoms with Gasteiger partial charge in [0.25, 0.3) is 0 Å². The average Bonchev–Trinajstić information content (AvgIpc) is 2.23. The van der Waals surface area contributed by atoms with Gasteiger partial charge in [0.1, 0.15) is 12.4 Å². The molecule has 96 valence electrons. The molecule has 4 heteroatoms. The molecule has 0 aliphatic heterocycles. The molecule has 1 atom stereocenters. The van der Waals surface area contributed by atoms with Gasteiger partial charge in [-0.1, -0.05) is 22.0 Å². The van der Waals surface area contributed by atoms with Gasteiger partial charge in [-0.15, -0.1) is 0 Å². The predicted molar refractivity (Wildman–Crippen MR) is 73.3 cm³/mol. The molecule has 3 nitrogen and oxygen atoms in total. The Hall–Kier alpha value is -0.580. The van der Waals surface area contributed by atoms with Crippen LogP contribution in [0, 0.1) is 0 Å². The zero-order valence-electron chi connectivity index (χ0n) is 10.6. The summed E-state index contributed by atoms with van der Waals surface area (Å²) in [7, 11) is 0. The van der Waals surface area contributed by atoms with Crippen molar-refractivity contribution in [1.29, 1.82) is 0 Å². The fourth-order valence-electron chi connectivity index (χ4n) is 1.44. The maximum absolute atomic E-state index is 5.89. The third-order valence-electron chi connectivity index (χ3n) is 2.26. The first kappa shape index (κ1) is 14.5. The lowest BCUT2D eigenvalue weighted by molar-refractivity contribution is 0.0550. The van der Waals surface area contributed by atoms with Crippen LogP contribution in [0.5, 0.6) is 5.75 Å². The zero-order valence-corrected chi connectivity index (χ0v) is 12.2. The van der Waals surface area contributed by atoms with E-state index in [0.29, 0.717) is 13.2 Å². The molecule has 0 fully saturated rings. The van der Waals surface area contributed by atoms with Crippen LogP contribution in [0.2, 0.25) is 0 Å². The molecule has 0 unspecified atom stereocenters. The lowest BCUT2D eigenvalue weighted by Gasteiger charge is -2.15. The molecule has 0 aliphatic carbocycles. The minimum atomic E-state index is -0.0379. The molecule has 0 spiro atoms. The third-order valence-corrected chi connectivity index (χ3v) is 2.75. The number of benzene rings is 1. The molecule has 1 aromatic carbocycles. The van der Waals surface area contributed by atoms with Crippen LogP contribution in [-0.2, 0) is 4.74 Å². The Labute approximate surface area is 111 Å². The molecule has 1 rings (SSSR count). The van der Waals surface area contributed by atoms with Gasteiger partial charge >= 0.3 is 0 Å². The lowest BCUT2D eigenvalue weighted by Crippen LogP contribution is -2.13. The molecular weight excluding hydrogens is 282 g/mol. The Morgan fingerprint density at radius 2 is 1.94 bits per heavy atom. The van der Waals surface area contributed by atoms with E-state index in [1.807, 2.05) is 39.0 Å². The number of nitrogens with two attached hydrogens (primary N) is 1.